The zero-order chi connectivity index (χ0) is 15.5. The lowest BCUT2D eigenvalue weighted by Gasteiger charge is -2.16. The van der Waals surface area contributed by atoms with Crippen LogP contribution in [0, 0.1) is 11.6 Å². The minimum atomic E-state index is -0.812. The third kappa shape index (κ3) is 4.31. The SMILES string of the molecule is Br.Br.NC(C1=NCCN1)c1ccc(F)c(Oc2ccccc2)c1F. The molecule has 3 rings (SSSR count). The molecule has 0 bridgehead atoms. The first kappa shape index (κ1) is 20.5. The lowest BCUT2D eigenvalue weighted by atomic mass is 10.1. The predicted molar refractivity (Wildman–Crippen MR) is 101 cm³/mol. The lowest BCUT2D eigenvalue weighted by molar-refractivity contribution is 0.403. The quantitative estimate of drug-likeness (QED) is 0.721. The largest absolute Gasteiger partial charge is 0.451 e. The number of ether oxygens (including phenoxy) is 1. The van der Waals surface area contributed by atoms with Crippen LogP contribution in [0.4, 0.5) is 8.78 Å². The molecule has 1 atom stereocenters. The summed E-state index contributed by atoms with van der Waals surface area (Å²) in [5.41, 5.74) is 6.14. The second kappa shape index (κ2) is 9.10. The Morgan fingerprint density at radius 1 is 1.08 bits per heavy atom. The standard InChI is InChI=1S/C16H15F2N3O.2BrH/c17-12-7-6-11(14(19)16-20-8-9-21-16)13(18)15(12)22-10-4-2-1-3-5-10;;/h1-7,14H,8-9,19H2,(H,20,21);2*1H. The molecule has 24 heavy (non-hydrogen) atoms. The molecule has 1 heterocycles. The van der Waals surface area contributed by atoms with Gasteiger partial charge in [0.2, 0.25) is 0 Å². The summed E-state index contributed by atoms with van der Waals surface area (Å²) in [6.45, 7) is 1.26. The first-order valence-electron chi connectivity index (χ1n) is 6.91. The smallest absolute Gasteiger partial charge is 0.198 e. The maximum absolute atomic E-state index is 14.6. The summed E-state index contributed by atoms with van der Waals surface area (Å²) in [6.07, 6.45) is 0. The molecule has 3 N–H and O–H groups in total. The Labute approximate surface area is 159 Å². The normalized spacial score (nSPS) is 13.9. The fourth-order valence-electron chi connectivity index (χ4n) is 2.26. The van der Waals surface area contributed by atoms with Crippen LogP contribution in [0.5, 0.6) is 11.5 Å². The molecule has 0 radical (unpaired) electrons. The van der Waals surface area contributed by atoms with E-state index in [-0.39, 0.29) is 39.5 Å². The number of benzene rings is 2. The van der Waals surface area contributed by atoms with Gasteiger partial charge in [-0.05, 0) is 18.2 Å². The fourth-order valence-corrected chi connectivity index (χ4v) is 2.26. The predicted octanol–water partition coefficient (Wildman–Crippen LogP) is 3.91. The van der Waals surface area contributed by atoms with Crippen LogP contribution in [0.2, 0.25) is 0 Å². The zero-order valence-corrected chi connectivity index (χ0v) is 16.0. The minimum Gasteiger partial charge on any atom is -0.451 e. The van der Waals surface area contributed by atoms with E-state index < -0.39 is 23.4 Å². The van der Waals surface area contributed by atoms with Crippen molar-refractivity contribution in [3.05, 3.63) is 59.7 Å². The number of nitrogens with two attached hydrogens (primary N) is 1. The van der Waals surface area contributed by atoms with Crippen LogP contribution < -0.4 is 15.8 Å². The zero-order valence-electron chi connectivity index (χ0n) is 12.5. The molecule has 1 aliphatic heterocycles. The highest BCUT2D eigenvalue weighted by molar-refractivity contribution is 8.93. The van der Waals surface area contributed by atoms with Crippen LogP contribution in [0.15, 0.2) is 47.5 Å². The van der Waals surface area contributed by atoms with E-state index in [0.29, 0.717) is 24.7 Å². The Kier molecular flexibility index (Phi) is 7.78. The Hall–Kier alpha value is -1.51. The van der Waals surface area contributed by atoms with E-state index in [1.54, 1.807) is 30.3 Å². The molecule has 0 fully saturated rings. The van der Waals surface area contributed by atoms with E-state index in [1.807, 2.05) is 0 Å². The van der Waals surface area contributed by atoms with Crippen molar-refractivity contribution in [3.63, 3.8) is 0 Å². The molecule has 4 nitrogen and oxygen atoms in total. The van der Waals surface area contributed by atoms with Gasteiger partial charge >= 0.3 is 0 Å². The molecule has 0 saturated carbocycles. The average Bonchev–Trinajstić information content (AvgIpc) is 3.06. The van der Waals surface area contributed by atoms with Crippen LogP contribution in [-0.4, -0.2) is 18.9 Å². The molecule has 0 aromatic heterocycles. The fraction of sp³-hybridized carbons (Fsp3) is 0.188. The molecule has 0 amide bonds. The number of nitrogens with one attached hydrogen (secondary N) is 1. The molecule has 130 valence electrons. The van der Waals surface area contributed by atoms with E-state index in [9.17, 15) is 8.78 Å². The number of hydrogen-bond donors (Lipinski definition) is 2. The highest BCUT2D eigenvalue weighted by atomic mass is 79.9. The van der Waals surface area contributed by atoms with Gasteiger partial charge in [0, 0.05) is 12.1 Å². The van der Waals surface area contributed by atoms with E-state index in [4.69, 9.17) is 10.5 Å². The second-order valence-electron chi connectivity index (χ2n) is 4.87. The number of aliphatic imine (C=N–C) groups is 1. The summed E-state index contributed by atoms with van der Waals surface area (Å²) in [7, 11) is 0. The monoisotopic (exact) mass is 463 g/mol. The molecule has 0 spiro atoms. The highest BCUT2D eigenvalue weighted by Gasteiger charge is 2.24. The van der Waals surface area contributed by atoms with Gasteiger partial charge in [-0.15, -0.1) is 34.0 Å². The van der Waals surface area contributed by atoms with Crippen LogP contribution >= 0.6 is 34.0 Å². The topological polar surface area (TPSA) is 59.6 Å². The summed E-state index contributed by atoms with van der Waals surface area (Å²) in [6, 6.07) is 10.1. The van der Waals surface area contributed by atoms with Crippen molar-refractivity contribution >= 4 is 39.8 Å². The van der Waals surface area contributed by atoms with Crippen LogP contribution in [-0.2, 0) is 0 Å². The van der Waals surface area contributed by atoms with Gasteiger partial charge < -0.3 is 15.8 Å². The van der Waals surface area contributed by atoms with Gasteiger partial charge in [0.15, 0.2) is 17.4 Å². The lowest BCUT2D eigenvalue weighted by Crippen LogP contribution is -2.31. The van der Waals surface area contributed by atoms with Crippen LogP contribution in [0.25, 0.3) is 0 Å². The van der Waals surface area contributed by atoms with E-state index in [2.05, 4.69) is 10.3 Å². The van der Waals surface area contributed by atoms with Crippen molar-refractivity contribution in [3.8, 4) is 11.5 Å². The van der Waals surface area contributed by atoms with Crippen molar-refractivity contribution in [2.75, 3.05) is 13.1 Å². The van der Waals surface area contributed by atoms with Crippen molar-refractivity contribution in [2.45, 2.75) is 6.04 Å². The Morgan fingerprint density at radius 3 is 2.42 bits per heavy atom. The highest BCUT2D eigenvalue weighted by Crippen LogP contribution is 2.31. The van der Waals surface area contributed by atoms with Gasteiger partial charge in [0.25, 0.3) is 0 Å². The summed E-state index contributed by atoms with van der Waals surface area (Å²) in [5, 5.41) is 2.99. The number of nitrogens with zero attached hydrogens (tertiary/aromatic N) is 1. The number of halogens is 4. The van der Waals surface area contributed by atoms with E-state index >= 15 is 0 Å². The molecule has 2 aromatic carbocycles. The summed E-state index contributed by atoms with van der Waals surface area (Å²) in [5.74, 6) is -1.21. The molecule has 1 unspecified atom stereocenters. The number of hydrogen-bond acceptors (Lipinski definition) is 4. The maximum atomic E-state index is 14.6. The van der Waals surface area contributed by atoms with Gasteiger partial charge in [-0.1, -0.05) is 24.3 Å². The molecule has 2 aromatic rings. The average molecular weight is 465 g/mol. The Morgan fingerprint density at radius 2 is 1.79 bits per heavy atom. The molecule has 1 aliphatic rings. The van der Waals surface area contributed by atoms with Crippen molar-refractivity contribution < 1.29 is 13.5 Å². The maximum Gasteiger partial charge on any atom is 0.198 e. The van der Waals surface area contributed by atoms with Crippen LogP contribution in [0.3, 0.4) is 0 Å². The summed E-state index contributed by atoms with van der Waals surface area (Å²) < 4.78 is 33.8. The Bertz CT molecular complexity index is 714. The third-order valence-corrected chi connectivity index (χ3v) is 3.37. The molecule has 0 aliphatic carbocycles. The van der Waals surface area contributed by atoms with Crippen molar-refractivity contribution in [2.24, 2.45) is 10.7 Å². The second-order valence-corrected chi connectivity index (χ2v) is 4.87. The van der Waals surface area contributed by atoms with Crippen molar-refractivity contribution in [1.82, 2.24) is 5.32 Å². The summed E-state index contributed by atoms with van der Waals surface area (Å²) >= 11 is 0. The van der Waals surface area contributed by atoms with Gasteiger partial charge in [-0.3, -0.25) is 4.99 Å². The molecule has 8 heteroatoms. The van der Waals surface area contributed by atoms with Gasteiger partial charge in [-0.25, -0.2) is 8.78 Å². The molecular formula is C16H17Br2F2N3O. The van der Waals surface area contributed by atoms with Gasteiger partial charge in [0.1, 0.15) is 11.6 Å². The first-order chi connectivity index (χ1) is 10.7. The van der Waals surface area contributed by atoms with Crippen LogP contribution in [0.1, 0.15) is 11.6 Å². The molecule has 0 saturated heterocycles. The van der Waals surface area contributed by atoms with E-state index in [1.165, 1.54) is 6.07 Å². The van der Waals surface area contributed by atoms with Crippen molar-refractivity contribution in [1.29, 1.82) is 0 Å². The number of amidine groups is 1. The van der Waals surface area contributed by atoms with Gasteiger partial charge in [-0.2, -0.15) is 0 Å². The summed E-state index contributed by atoms with van der Waals surface area (Å²) in [4.78, 5) is 4.17. The van der Waals surface area contributed by atoms with E-state index in [0.717, 1.165) is 6.07 Å². The minimum absolute atomic E-state index is 0. The Balaban J connectivity index is 0.00000144. The third-order valence-electron chi connectivity index (χ3n) is 3.37. The number of para-hydroxylation sites is 1. The first-order valence-corrected chi connectivity index (χ1v) is 6.91. The molecular weight excluding hydrogens is 448 g/mol. The van der Waals surface area contributed by atoms with Gasteiger partial charge in [0.05, 0.1) is 12.6 Å². The number of rotatable bonds is 4.